The molecule has 5 nitrogen and oxygen atoms in total. The molecule has 0 fully saturated rings. The molecule has 1 aliphatic heterocycles. The topological polar surface area (TPSA) is 66.5 Å². The van der Waals surface area contributed by atoms with E-state index in [0.29, 0.717) is 16.7 Å². The number of rotatable bonds is 4. The van der Waals surface area contributed by atoms with E-state index in [2.05, 4.69) is 5.32 Å². The van der Waals surface area contributed by atoms with Crippen LogP contribution in [0, 0.1) is 5.82 Å². The minimum absolute atomic E-state index is 0.0826. The van der Waals surface area contributed by atoms with Gasteiger partial charge in [0.2, 0.25) is 0 Å². The molecule has 116 valence electrons. The largest absolute Gasteiger partial charge is 0.350 e. The maximum absolute atomic E-state index is 12.8. The lowest BCUT2D eigenvalue weighted by atomic mass is 10.1. The molecule has 0 saturated heterocycles. The summed E-state index contributed by atoms with van der Waals surface area (Å²) in [6.07, 6.45) is 0. The molecule has 6 heteroatoms. The summed E-state index contributed by atoms with van der Waals surface area (Å²) in [5.74, 6) is -1.53. The van der Waals surface area contributed by atoms with Crippen LogP contribution in [0.1, 0.15) is 31.1 Å². The third-order valence-electron chi connectivity index (χ3n) is 3.61. The van der Waals surface area contributed by atoms with Crippen molar-refractivity contribution in [1.29, 1.82) is 0 Å². The highest BCUT2D eigenvalue weighted by molar-refractivity contribution is 6.21. The molecule has 3 rings (SSSR count). The molecule has 0 bridgehead atoms. The molecule has 1 heterocycles. The van der Waals surface area contributed by atoms with Gasteiger partial charge in [-0.05, 0) is 36.4 Å². The maximum Gasteiger partial charge on any atom is 0.261 e. The first-order valence-electron chi connectivity index (χ1n) is 7.07. The van der Waals surface area contributed by atoms with Crippen LogP contribution in [0.3, 0.4) is 0 Å². The molecule has 0 radical (unpaired) electrons. The van der Waals surface area contributed by atoms with Crippen molar-refractivity contribution in [2.45, 2.75) is 0 Å². The number of carbonyl (C=O) groups is 3. The highest BCUT2D eigenvalue weighted by atomic mass is 19.1. The number of fused-ring (bicyclic) bond motifs is 1. The van der Waals surface area contributed by atoms with Crippen LogP contribution in [0.5, 0.6) is 0 Å². The van der Waals surface area contributed by atoms with E-state index in [1.165, 1.54) is 24.3 Å². The van der Waals surface area contributed by atoms with E-state index in [9.17, 15) is 18.8 Å². The molecular weight excluding hydrogens is 299 g/mol. The van der Waals surface area contributed by atoms with Gasteiger partial charge in [-0.15, -0.1) is 0 Å². The lowest BCUT2D eigenvalue weighted by Crippen LogP contribution is -2.38. The summed E-state index contributed by atoms with van der Waals surface area (Å²) in [5, 5.41) is 2.61. The van der Waals surface area contributed by atoms with E-state index in [1.807, 2.05) is 0 Å². The summed E-state index contributed by atoms with van der Waals surface area (Å²) in [6, 6.07) is 11.7. The summed E-state index contributed by atoms with van der Waals surface area (Å²) >= 11 is 0. The van der Waals surface area contributed by atoms with Crippen LogP contribution in [0.15, 0.2) is 48.5 Å². The minimum atomic E-state index is -0.424. The van der Waals surface area contributed by atoms with Gasteiger partial charge in [-0.25, -0.2) is 4.39 Å². The van der Waals surface area contributed by atoms with Crippen molar-refractivity contribution in [3.8, 4) is 0 Å². The predicted molar refractivity (Wildman–Crippen MR) is 80.5 cm³/mol. The Hall–Kier alpha value is -3.02. The van der Waals surface area contributed by atoms with Gasteiger partial charge in [0.15, 0.2) is 0 Å². The van der Waals surface area contributed by atoms with Gasteiger partial charge >= 0.3 is 0 Å². The molecule has 0 atom stereocenters. The molecule has 0 aromatic heterocycles. The van der Waals surface area contributed by atoms with Gasteiger partial charge in [-0.1, -0.05) is 12.1 Å². The lowest BCUT2D eigenvalue weighted by molar-refractivity contribution is 0.0650. The first kappa shape index (κ1) is 14.9. The highest BCUT2D eigenvalue weighted by Crippen LogP contribution is 2.21. The van der Waals surface area contributed by atoms with Crippen molar-refractivity contribution in [2.75, 3.05) is 13.1 Å². The van der Waals surface area contributed by atoms with Gasteiger partial charge < -0.3 is 5.32 Å². The van der Waals surface area contributed by atoms with E-state index in [4.69, 9.17) is 0 Å². The lowest BCUT2D eigenvalue weighted by Gasteiger charge is -2.14. The monoisotopic (exact) mass is 312 g/mol. The summed E-state index contributed by atoms with van der Waals surface area (Å²) < 4.78 is 12.8. The average molecular weight is 312 g/mol. The second-order valence-corrected chi connectivity index (χ2v) is 5.07. The normalized spacial score (nSPS) is 13.2. The molecule has 23 heavy (non-hydrogen) atoms. The van der Waals surface area contributed by atoms with Crippen LogP contribution in [-0.4, -0.2) is 35.7 Å². The Morgan fingerprint density at radius 2 is 1.52 bits per heavy atom. The molecule has 0 aliphatic carbocycles. The Morgan fingerprint density at radius 3 is 2.09 bits per heavy atom. The first-order valence-corrected chi connectivity index (χ1v) is 7.07. The molecule has 2 aromatic carbocycles. The zero-order valence-electron chi connectivity index (χ0n) is 12.1. The zero-order valence-corrected chi connectivity index (χ0v) is 12.1. The molecule has 0 saturated carbocycles. The van der Waals surface area contributed by atoms with Crippen molar-refractivity contribution in [3.05, 3.63) is 71.0 Å². The van der Waals surface area contributed by atoms with E-state index in [-0.39, 0.29) is 30.8 Å². The number of carbonyl (C=O) groups excluding carboxylic acids is 3. The van der Waals surface area contributed by atoms with Gasteiger partial charge in [0.1, 0.15) is 5.82 Å². The van der Waals surface area contributed by atoms with Crippen LogP contribution >= 0.6 is 0 Å². The molecule has 0 unspecified atom stereocenters. The Labute approximate surface area is 131 Å². The first-order chi connectivity index (χ1) is 11.1. The van der Waals surface area contributed by atoms with Gasteiger partial charge in [0.25, 0.3) is 17.7 Å². The SMILES string of the molecule is O=C(NCCN1C(=O)c2ccccc2C1=O)c1ccc(F)cc1. The van der Waals surface area contributed by atoms with Gasteiger partial charge in [0, 0.05) is 18.7 Å². The van der Waals surface area contributed by atoms with Crippen molar-refractivity contribution in [2.24, 2.45) is 0 Å². The van der Waals surface area contributed by atoms with Crippen molar-refractivity contribution < 1.29 is 18.8 Å². The maximum atomic E-state index is 12.8. The van der Waals surface area contributed by atoms with Gasteiger partial charge in [-0.2, -0.15) is 0 Å². The fourth-order valence-electron chi connectivity index (χ4n) is 2.43. The van der Waals surface area contributed by atoms with E-state index >= 15 is 0 Å². The summed E-state index contributed by atoms with van der Waals surface area (Å²) in [4.78, 5) is 37.3. The number of hydrogen-bond donors (Lipinski definition) is 1. The van der Waals surface area contributed by atoms with Crippen molar-refractivity contribution in [3.63, 3.8) is 0 Å². The Kier molecular flexibility index (Phi) is 3.89. The molecule has 1 N–H and O–H groups in total. The van der Waals surface area contributed by atoms with Gasteiger partial charge in [0.05, 0.1) is 11.1 Å². The zero-order chi connectivity index (χ0) is 16.4. The second-order valence-electron chi connectivity index (χ2n) is 5.07. The molecular formula is C17H13FN2O3. The van der Waals surface area contributed by atoms with Crippen LogP contribution < -0.4 is 5.32 Å². The Balaban J connectivity index is 1.60. The molecule has 2 aromatic rings. The summed E-state index contributed by atoms with van der Waals surface area (Å²) in [7, 11) is 0. The van der Waals surface area contributed by atoms with Crippen molar-refractivity contribution in [1.82, 2.24) is 10.2 Å². The average Bonchev–Trinajstić information content (AvgIpc) is 2.81. The number of nitrogens with zero attached hydrogens (tertiary/aromatic N) is 1. The van der Waals surface area contributed by atoms with Crippen LogP contribution in [0.25, 0.3) is 0 Å². The minimum Gasteiger partial charge on any atom is -0.350 e. The molecule has 0 spiro atoms. The second kappa shape index (κ2) is 6.00. The fraction of sp³-hybridized carbons (Fsp3) is 0.118. The fourth-order valence-corrected chi connectivity index (χ4v) is 2.43. The number of nitrogens with one attached hydrogen (secondary N) is 1. The number of halogens is 1. The van der Waals surface area contributed by atoms with Gasteiger partial charge in [-0.3, -0.25) is 19.3 Å². The third-order valence-corrected chi connectivity index (χ3v) is 3.61. The molecule has 1 aliphatic rings. The van der Waals surface area contributed by atoms with Crippen LogP contribution in [0.2, 0.25) is 0 Å². The molecule has 3 amide bonds. The number of hydrogen-bond acceptors (Lipinski definition) is 3. The van der Waals surface area contributed by atoms with Crippen molar-refractivity contribution >= 4 is 17.7 Å². The van der Waals surface area contributed by atoms with E-state index in [1.54, 1.807) is 24.3 Å². The standard InChI is InChI=1S/C17H13FN2O3/c18-12-7-5-11(6-8-12)15(21)19-9-10-20-16(22)13-3-1-2-4-14(13)17(20)23/h1-8H,9-10H2,(H,19,21). The number of imide groups is 1. The summed E-state index contributed by atoms with van der Waals surface area (Å²) in [6.45, 7) is 0.209. The smallest absolute Gasteiger partial charge is 0.261 e. The van der Waals surface area contributed by atoms with Crippen LogP contribution in [0.4, 0.5) is 4.39 Å². The number of benzene rings is 2. The van der Waals surface area contributed by atoms with E-state index in [0.717, 1.165) is 4.90 Å². The summed E-state index contributed by atoms with van der Waals surface area (Å²) in [5.41, 5.74) is 1.07. The quantitative estimate of drug-likeness (QED) is 0.876. The Bertz CT molecular complexity index is 752. The third kappa shape index (κ3) is 2.83. The van der Waals surface area contributed by atoms with Crippen LogP contribution in [-0.2, 0) is 0 Å². The van der Waals surface area contributed by atoms with E-state index < -0.39 is 5.82 Å². The number of amides is 3. The Morgan fingerprint density at radius 1 is 0.957 bits per heavy atom. The highest BCUT2D eigenvalue weighted by Gasteiger charge is 2.34. The predicted octanol–water partition coefficient (Wildman–Crippen LogP) is 1.85.